The van der Waals surface area contributed by atoms with Gasteiger partial charge in [-0.05, 0) is 104 Å². The van der Waals surface area contributed by atoms with Crippen molar-refractivity contribution >= 4 is 33.6 Å². The molecule has 3 aliphatic rings. The van der Waals surface area contributed by atoms with E-state index in [2.05, 4.69) is 254 Å². The molecule has 0 saturated heterocycles. The zero-order valence-electron chi connectivity index (χ0n) is 34.9. The standard InChI is InChI=1S/C61H45NS/c1-43-17-16-28-58(63-60-54(43)41-42-57-59(60)55-26-14-15-27-56(55)61(57,49-22-10-4-11-23-49)50-24-12-5-13-25-50)48-33-39-53(40-34-48)62(51-35-29-46(30-36-51)44-18-6-2-7-19-44)52-37-31-47(32-38-52)45-20-8-3-9-21-45/h2-31,33-42,47H,1,32H2/b17-16-,58-28-. The average molecular weight is 824 g/mol. The Balaban J connectivity index is 0.993. The van der Waals surface area contributed by atoms with Gasteiger partial charge in [0.2, 0.25) is 0 Å². The van der Waals surface area contributed by atoms with E-state index in [1.54, 1.807) is 0 Å². The first-order valence-electron chi connectivity index (χ1n) is 21.8. The van der Waals surface area contributed by atoms with E-state index in [0.29, 0.717) is 5.92 Å². The van der Waals surface area contributed by atoms with E-state index in [0.717, 1.165) is 23.4 Å². The van der Waals surface area contributed by atoms with Crippen molar-refractivity contribution in [3.8, 4) is 22.3 Å². The minimum atomic E-state index is -0.471. The van der Waals surface area contributed by atoms with E-state index < -0.39 is 5.41 Å². The van der Waals surface area contributed by atoms with Gasteiger partial charge in [-0.1, -0.05) is 225 Å². The Morgan fingerprint density at radius 1 is 0.508 bits per heavy atom. The summed E-state index contributed by atoms with van der Waals surface area (Å²) in [6.45, 7) is 4.59. The first-order valence-corrected chi connectivity index (χ1v) is 22.6. The predicted molar refractivity (Wildman–Crippen MR) is 267 cm³/mol. The molecule has 0 saturated carbocycles. The van der Waals surface area contributed by atoms with Crippen LogP contribution in [0, 0.1) is 0 Å². The molecule has 1 unspecified atom stereocenters. The maximum Gasteiger partial charge on any atom is 0.0713 e. The number of benzene rings is 8. The summed E-state index contributed by atoms with van der Waals surface area (Å²) in [7, 11) is 0. The Morgan fingerprint density at radius 2 is 1.08 bits per heavy atom. The molecule has 0 bridgehead atoms. The Morgan fingerprint density at radius 3 is 1.71 bits per heavy atom. The molecule has 1 nitrogen and oxygen atoms in total. The van der Waals surface area contributed by atoms with Crippen LogP contribution in [-0.2, 0) is 5.41 Å². The molecule has 2 aliphatic carbocycles. The van der Waals surface area contributed by atoms with Crippen molar-refractivity contribution in [2.24, 2.45) is 0 Å². The van der Waals surface area contributed by atoms with E-state index in [9.17, 15) is 0 Å². The highest BCUT2D eigenvalue weighted by Gasteiger charge is 2.47. The van der Waals surface area contributed by atoms with Gasteiger partial charge in [0.1, 0.15) is 0 Å². The fourth-order valence-electron chi connectivity index (χ4n) is 9.88. The van der Waals surface area contributed by atoms with Gasteiger partial charge < -0.3 is 4.90 Å². The summed E-state index contributed by atoms with van der Waals surface area (Å²) in [5.74, 6) is 0.355. The van der Waals surface area contributed by atoms with Crippen LogP contribution in [-0.4, -0.2) is 0 Å². The summed E-state index contributed by atoms with van der Waals surface area (Å²) in [6, 6.07) is 75.3. The third kappa shape index (κ3) is 6.84. The van der Waals surface area contributed by atoms with Crippen LogP contribution in [0.25, 0.3) is 32.7 Å². The van der Waals surface area contributed by atoms with Crippen molar-refractivity contribution in [3.63, 3.8) is 0 Å². The predicted octanol–water partition coefficient (Wildman–Crippen LogP) is 16.2. The van der Waals surface area contributed by atoms with Gasteiger partial charge in [0, 0.05) is 38.4 Å². The lowest BCUT2D eigenvalue weighted by molar-refractivity contribution is 0.767. The van der Waals surface area contributed by atoms with Crippen LogP contribution in [0.4, 0.5) is 11.4 Å². The van der Waals surface area contributed by atoms with Crippen LogP contribution in [0.1, 0.15) is 51.3 Å². The van der Waals surface area contributed by atoms with Crippen LogP contribution in [0.3, 0.4) is 0 Å². The number of thioether (sulfide) groups is 1. The van der Waals surface area contributed by atoms with E-state index in [-0.39, 0.29) is 0 Å². The summed E-state index contributed by atoms with van der Waals surface area (Å²) < 4.78 is 0. The zero-order valence-corrected chi connectivity index (χ0v) is 35.8. The quantitative estimate of drug-likeness (QED) is 0.150. The van der Waals surface area contributed by atoms with Gasteiger partial charge in [-0.3, -0.25) is 0 Å². The first-order chi connectivity index (χ1) is 31.2. The number of nitrogens with zero attached hydrogens (tertiary/aromatic N) is 1. The molecule has 63 heavy (non-hydrogen) atoms. The van der Waals surface area contributed by atoms with Crippen LogP contribution < -0.4 is 4.90 Å². The Kier molecular flexibility index (Phi) is 10.1. The minimum absolute atomic E-state index is 0.355. The summed E-state index contributed by atoms with van der Waals surface area (Å²) >= 11 is 1.86. The molecule has 1 atom stereocenters. The summed E-state index contributed by atoms with van der Waals surface area (Å²) in [4.78, 5) is 4.82. The lowest BCUT2D eigenvalue weighted by Crippen LogP contribution is -2.28. The smallest absolute Gasteiger partial charge is 0.0713 e. The number of allylic oxidation sites excluding steroid dienone is 7. The third-order valence-electron chi connectivity index (χ3n) is 12.9. The maximum absolute atomic E-state index is 4.59. The topological polar surface area (TPSA) is 3.24 Å². The van der Waals surface area contributed by atoms with Crippen LogP contribution >= 0.6 is 11.8 Å². The van der Waals surface area contributed by atoms with Crippen molar-refractivity contribution in [3.05, 3.63) is 294 Å². The summed E-state index contributed by atoms with van der Waals surface area (Å²) in [6.07, 6.45) is 14.6. The Labute approximate surface area is 375 Å². The molecule has 0 amide bonds. The van der Waals surface area contributed by atoms with Crippen molar-refractivity contribution in [1.29, 1.82) is 0 Å². The van der Waals surface area contributed by atoms with Gasteiger partial charge in [0.15, 0.2) is 0 Å². The van der Waals surface area contributed by atoms with Crippen LogP contribution in [0.15, 0.2) is 260 Å². The fraction of sp³-hybridized carbons (Fsp3) is 0.0492. The Hall–Kier alpha value is -7.39. The molecular weight excluding hydrogens is 779 g/mol. The molecule has 0 radical (unpaired) electrons. The fourth-order valence-corrected chi connectivity index (χ4v) is 11.1. The van der Waals surface area contributed by atoms with Crippen LogP contribution in [0.5, 0.6) is 0 Å². The molecule has 0 fully saturated rings. The number of fused-ring (bicyclic) bond motifs is 5. The lowest BCUT2D eigenvalue weighted by Gasteiger charge is -2.34. The highest BCUT2D eigenvalue weighted by molar-refractivity contribution is 8.08. The average Bonchev–Trinajstić information content (AvgIpc) is 3.66. The van der Waals surface area contributed by atoms with Crippen molar-refractivity contribution < 1.29 is 0 Å². The number of hydrogen-bond donors (Lipinski definition) is 0. The van der Waals surface area contributed by atoms with E-state index in [4.69, 9.17) is 0 Å². The molecule has 2 heteroatoms. The normalized spacial score (nSPS) is 17.2. The molecule has 1 aliphatic heterocycles. The molecule has 11 rings (SSSR count). The van der Waals surface area contributed by atoms with Crippen molar-refractivity contribution in [1.82, 2.24) is 0 Å². The van der Waals surface area contributed by atoms with Crippen molar-refractivity contribution in [2.45, 2.75) is 22.6 Å². The molecule has 8 aromatic rings. The van der Waals surface area contributed by atoms with Crippen molar-refractivity contribution in [2.75, 3.05) is 4.90 Å². The second-order valence-electron chi connectivity index (χ2n) is 16.4. The van der Waals surface area contributed by atoms with Gasteiger partial charge >= 0.3 is 0 Å². The second kappa shape index (κ2) is 16.5. The van der Waals surface area contributed by atoms with Gasteiger partial charge in [0.05, 0.1) is 5.41 Å². The summed E-state index contributed by atoms with van der Waals surface area (Å²) in [5, 5.41) is 0. The van der Waals surface area contributed by atoms with E-state index in [1.165, 1.54) is 76.7 Å². The largest absolute Gasteiger partial charge is 0.311 e. The zero-order chi connectivity index (χ0) is 42.2. The Bertz CT molecular complexity index is 3050. The van der Waals surface area contributed by atoms with Gasteiger partial charge in [0.25, 0.3) is 0 Å². The molecule has 0 N–H and O–H groups in total. The number of anilines is 2. The third-order valence-corrected chi connectivity index (χ3v) is 14.1. The molecule has 8 aromatic carbocycles. The molecule has 300 valence electrons. The molecule has 0 aromatic heterocycles. The van der Waals surface area contributed by atoms with Gasteiger partial charge in [-0.15, -0.1) is 0 Å². The first kappa shape index (κ1) is 38.5. The van der Waals surface area contributed by atoms with Gasteiger partial charge in [-0.2, -0.15) is 0 Å². The second-order valence-corrected chi connectivity index (χ2v) is 17.5. The molecular formula is C61H45NS. The minimum Gasteiger partial charge on any atom is -0.311 e. The summed E-state index contributed by atoms with van der Waals surface area (Å²) in [5.41, 5.74) is 17.8. The highest BCUT2D eigenvalue weighted by atomic mass is 32.2. The number of hydrogen-bond acceptors (Lipinski definition) is 2. The highest BCUT2D eigenvalue weighted by Crippen LogP contribution is 2.60. The SMILES string of the molecule is C=C1/C=C\C=C(\c2ccc(N(C3=CCC(c4ccccc4)C=C3)c3ccc(-c4ccccc4)cc3)cc2)Sc2c1ccc1c2-c2ccccc2C1(c1ccccc1)c1ccccc1. The monoisotopic (exact) mass is 823 g/mol. The van der Waals surface area contributed by atoms with Crippen LogP contribution in [0.2, 0.25) is 0 Å². The van der Waals surface area contributed by atoms with Gasteiger partial charge in [-0.25, -0.2) is 0 Å². The van der Waals surface area contributed by atoms with E-state index in [1.807, 2.05) is 11.8 Å². The molecule has 0 spiro atoms. The number of rotatable bonds is 8. The van der Waals surface area contributed by atoms with E-state index >= 15 is 0 Å². The molecule has 1 heterocycles. The lowest BCUT2D eigenvalue weighted by atomic mass is 9.67. The maximum atomic E-state index is 4.59.